The molecule has 0 aliphatic carbocycles. The van der Waals surface area contributed by atoms with Crippen molar-refractivity contribution in [3.63, 3.8) is 0 Å². The van der Waals surface area contributed by atoms with E-state index in [0.717, 1.165) is 22.1 Å². The van der Waals surface area contributed by atoms with Crippen LogP contribution in [0.4, 0.5) is 0 Å². The molecule has 0 aliphatic rings. The molecule has 0 unspecified atom stereocenters. The molecule has 1 heterocycles. The summed E-state index contributed by atoms with van der Waals surface area (Å²) in [4.78, 5) is 0. The van der Waals surface area contributed by atoms with Crippen LogP contribution in [0.15, 0.2) is 78.0 Å². The Morgan fingerprint density at radius 3 is 2.46 bits per heavy atom. The van der Waals surface area contributed by atoms with Gasteiger partial charge in [0.25, 0.3) is 0 Å². The second kappa shape index (κ2) is 7.32. The lowest BCUT2D eigenvalue weighted by Gasteiger charge is -2.10. The van der Waals surface area contributed by atoms with E-state index in [1.165, 1.54) is 22.5 Å². The van der Waals surface area contributed by atoms with Crippen LogP contribution in [-0.2, 0) is 7.05 Å². The van der Waals surface area contributed by atoms with E-state index < -0.39 is 6.10 Å². The maximum absolute atomic E-state index is 10.3. The first-order valence-corrected chi connectivity index (χ1v) is 9.45. The lowest BCUT2D eigenvalue weighted by molar-refractivity contribution is 0.204. The van der Waals surface area contributed by atoms with Crippen LogP contribution in [0.3, 0.4) is 0 Å². The van der Waals surface area contributed by atoms with Gasteiger partial charge >= 0.3 is 0 Å². The number of hydrogen-bond acceptors (Lipinski definition) is 4. The smallest absolute Gasteiger partial charge is 0.191 e. The molecule has 0 fully saturated rings. The Kier molecular flexibility index (Phi) is 4.73. The minimum absolute atomic E-state index is 0.526. The zero-order valence-corrected chi connectivity index (χ0v) is 15.2. The third-order valence-electron chi connectivity index (χ3n) is 4.40. The van der Waals surface area contributed by atoms with E-state index in [1.807, 2.05) is 54.1 Å². The molecule has 130 valence electrons. The van der Waals surface area contributed by atoms with Gasteiger partial charge in [-0.1, -0.05) is 78.5 Å². The molecule has 4 nitrogen and oxygen atoms in total. The van der Waals surface area contributed by atoms with Gasteiger partial charge in [0, 0.05) is 18.4 Å². The Balaban J connectivity index is 1.54. The highest BCUT2D eigenvalue weighted by molar-refractivity contribution is 7.99. The maximum atomic E-state index is 10.3. The predicted octanol–water partition coefficient (Wildman–Crippen LogP) is 4.46. The fourth-order valence-electron chi connectivity index (χ4n) is 2.95. The minimum Gasteiger partial charge on any atom is -0.388 e. The first-order valence-electron chi connectivity index (χ1n) is 8.47. The number of aromatic nitrogens is 3. The van der Waals surface area contributed by atoms with Crippen LogP contribution in [0.2, 0.25) is 0 Å². The zero-order chi connectivity index (χ0) is 17.9. The number of benzene rings is 3. The molecule has 0 spiro atoms. The number of fused-ring (bicyclic) bond motifs is 1. The van der Waals surface area contributed by atoms with E-state index in [2.05, 4.69) is 40.5 Å². The van der Waals surface area contributed by atoms with E-state index in [4.69, 9.17) is 0 Å². The highest BCUT2D eigenvalue weighted by atomic mass is 32.2. The third kappa shape index (κ3) is 3.36. The van der Waals surface area contributed by atoms with Crippen molar-refractivity contribution in [2.45, 2.75) is 11.3 Å². The van der Waals surface area contributed by atoms with Gasteiger partial charge in [0.15, 0.2) is 11.0 Å². The molecule has 5 heteroatoms. The quantitative estimate of drug-likeness (QED) is 0.533. The third-order valence-corrected chi connectivity index (χ3v) is 5.49. The number of aliphatic hydroxyl groups is 1. The van der Waals surface area contributed by atoms with E-state index in [-0.39, 0.29) is 0 Å². The molecule has 0 aliphatic heterocycles. The van der Waals surface area contributed by atoms with E-state index >= 15 is 0 Å². The molecule has 0 saturated carbocycles. The summed E-state index contributed by atoms with van der Waals surface area (Å²) < 4.78 is 1.98. The van der Waals surface area contributed by atoms with Crippen LogP contribution in [0, 0.1) is 0 Å². The molecule has 0 saturated heterocycles. The Morgan fingerprint density at radius 1 is 0.923 bits per heavy atom. The van der Waals surface area contributed by atoms with Crippen LogP contribution >= 0.6 is 11.8 Å². The van der Waals surface area contributed by atoms with Gasteiger partial charge in [-0.05, 0) is 22.4 Å². The number of aliphatic hydroxyl groups excluding tert-OH is 1. The van der Waals surface area contributed by atoms with E-state index in [0.29, 0.717) is 5.75 Å². The van der Waals surface area contributed by atoms with Crippen molar-refractivity contribution >= 4 is 22.5 Å². The molecule has 26 heavy (non-hydrogen) atoms. The maximum Gasteiger partial charge on any atom is 0.191 e. The highest BCUT2D eigenvalue weighted by Gasteiger charge is 2.14. The topological polar surface area (TPSA) is 50.9 Å². The molecule has 1 aromatic heterocycles. The summed E-state index contributed by atoms with van der Waals surface area (Å²) in [5.41, 5.74) is 1.95. The summed E-state index contributed by atoms with van der Waals surface area (Å²) in [5.74, 6) is 1.36. The standard InChI is InChI=1S/C21H19N3OS/c1-24-20(18-12-11-15-7-5-6-10-17(15)13-18)22-23-21(24)26-14-19(25)16-8-3-2-4-9-16/h2-13,19,25H,14H2,1H3/t19-/m1/s1. The lowest BCUT2D eigenvalue weighted by Crippen LogP contribution is -2.02. The molecule has 0 radical (unpaired) electrons. The largest absolute Gasteiger partial charge is 0.388 e. The van der Waals surface area contributed by atoms with E-state index in [9.17, 15) is 5.11 Å². The van der Waals surface area contributed by atoms with Gasteiger partial charge in [-0.15, -0.1) is 10.2 Å². The Morgan fingerprint density at radius 2 is 1.65 bits per heavy atom. The monoisotopic (exact) mass is 361 g/mol. The van der Waals surface area contributed by atoms with Crippen molar-refractivity contribution in [3.8, 4) is 11.4 Å². The van der Waals surface area contributed by atoms with Gasteiger partial charge in [-0.3, -0.25) is 0 Å². The summed E-state index contributed by atoms with van der Waals surface area (Å²) >= 11 is 1.51. The minimum atomic E-state index is -0.526. The fraction of sp³-hybridized carbons (Fsp3) is 0.143. The molecule has 0 amide bonds. The van der Waals surface area contributed by atoms with Crippen LogP contribution in [0.5, 0.6) is 0 Å². The molecular formula is C21H19N3OS. The molecule has 4 aromatic rings. The van der Waals surface area contributed by atoms with Crippen LogP contribution < -0.4 is 0 Å². The Hall–Kier alpha value is -2.63. The van der Waals surface area contributed by atoms with Crippen LogP contribution in [-0.4, -0.2) is 25.6 Å². The van der Waals surface area contributed by atoms with Gasteiger partial charge in [0.1, 0.15) is 0 Å². The summed E-state index contributed by atoms with van der Waals surface area (Å²) in [6, 6.07) is 24.3. The van der Waals surface area contributed by atoms with Gasteiger partial charge < -0.3 is 9.67 Å². The van der Waals surface area contributed by atoms with Crippen molar-refractivity contribution in [2.75, 3.05) is 5.75 Å². The average molecular weight is 361 g/mol. The van der Waals surface area contributed by atoms with Crippen molar-refractivity contribution in [2.24, 2.45) is 7.05 Å². The summed E-state index contributed by atoms with van der Waals surface area (Å²) in [7, 11) is 1.96. The SMILES string of the molecule is Cn1c(SC[C@@H](O)c2ccccc2)nnc1-c1ccc2ccccc2c1. The molecule has 4 rings (SSSR count). The average Bonchev–Trinajstić information content (AvgIpc) is 3.07. The van der Waals surface area contributed by atoms with Gasteiger partial charge in [-0.25, -0.2) is 0 Å². The molecule has 0 bridgehead atoms. The normalized spacial score (nSPS) is 12.4. The van der Waals surface area contributed by atoms with E-state index in [1.54, 1.807) is 0 Å². The van der Waals surface area contributed by atoms with Gasteiger partial charge in [-0.2, -0.15) is 0 Å². The summed E-state index contributed by atoms with van der Waals surface area (Å²) in [5, 5.41) is 22.2. The lowest BCUT2D eigenvalue weighted by atomic mass is 10.1. The van der Waals surface area contributed by atoms with Crippen molar-refractivity contribution in [1.82, 2.24) is 14.8 Å². The van der Waals surface area contributed by atoms with Gasteiger partial charge in [0.2, 0.25) is 0 Å². The molecular weight excluding hydrogens is 342 g/mol. The highest BCUT2D eigenvalue weighted by Crippen LogP contribution is 2.28. The van der Waals surface area contributed by atoms with Crippen molar-refractivity contribution in [1.29, 1.82) is 0 Å². The zero-order valence-electron chi connectivity index (χ0n) is 14.4. The second-order valence-electron chi connectivity index (χ2n) is 6.16. The number of thioether (sulfide) groups is 1. The number of rotatable bonds is 5. The summed E-state index contributed by atoms with van der Waals surface area (Å²) in [6.45, 7) is 0. The molecule has 1 N–H and O–H groups in total. The Labute approximate surface area is 156 Å². The van der Waals surface area contributed by atoms with Crippen LogP contribution in [0.25, 0.3) is 22.2 Å². The molecule has 1 atom stereocenters. The predicted molar refractivity (Wildman–Crippen MR) is 106 cm³/mol. The van der Waals surface area contributed by atoms with Crippen molar-refractivity contribution < 1.29 is 5.11 Å². The van der Waals surface area contributed by atoms with Crippen LogP contribution in [0.1, 0.15) is 11.7 Å². The first kappa shape index (κ1) is 16.8. The second-order valence-corrected chi connectivity index (χ2v) is 7.15. The fourth-order valence-corrected chi connectivity index (χ4v) is 3.82. The summed E-state index contributed by atoms with van der Waals surface area (Å²) in [6.07, 6.45) is -0.526. The molecule has 3 aromatic carbocycles. The van der Waals surface area contributed by atoms with Gasteiger partial charge in [0.05, 0.1) is 6.10 Å². The number of nitrogens with zero attached hydrogens (tertiary/aromatic N) is 3. The van der Waals surface area contributed by atoms with Crippen molar-refractivity contribution in [3.05, 3.63) is 78.4 Å². The first-order chi connectivity index (χ1) is 12.7. The Bertz CT molecular complexity index is 1030. The number of hydrogen-bond donors (Lipinski definition) is 1.